The first-order chi connectivity index (χ1) is 7.79. The summed E-state index contributed by atoms with van der Waals surface area (Å²) in [6, 6.07) is 2.78. The van der Waals surface area contributed by atoms with Crippen molar-refractivity contribution in [3.8, 4) is 0 Å². The molecule has 0 radical (unpaired) electrons. The lowest BCUT2D eigenvalue weighted by Crippen LogP contribution is -2.32. The van der Waals surface area contributed by atoms with Crippen LogP contribution in [0.15, 0.2) is 18.5 Å². The number of alkyl halides is 1. The predicted octanol–water partition coefficient (Wildman–Crippen LogP) is 2.89. The molecule has 1 fully saturated rings. The van der Waals surface area contributed by atoms with Crippen LogP contribution in [0.2, 0.25) is 0 Å². The second-order valence-electron chi connectivity index (χ2n) is 4.70. The standard InChI is InChI=1S/C13H19ClN2/c1-10-5-11(8-15-7-10)9-16-13-4-2-3-12(13)6-14/h5,7-8,12-13,16H,2-4,6,9H2,1H3. The zero-order chi connectivity index (χ0) is 11.4. The van der Waals surface area contributed by atoms with Crippen molar-refractivity contribution >= 4 is 11.6 Å². The molecule has 1 N–H and O–H groups in total. The molecule has 1 saturated carbocycles. The molecule has 1 aromatic rings. The summed E-state index contributed by atoms with van der Waals surface area (Å²) >= 11 is 5.96. The lowest BCUT2D eigenvalue weighted by molar-refractivity contribution is 0.429. The molecule has 1 heterocycles. The Kier molecular flexibility index (Phi) is 4.19. The van der Waals surface area contributed by atoms with Gasteiger partial charge in [-0.2, -0.15) is 0 Å². The van der Waals surface area contributed by atoms with Gasteiger partial charge in [0, 0.05) is 30.9 Å². The number of pyridine rings is 1. The Labute approximate surface area is 102 Å². The minimum Gasteiger partial charge on any atom is -0.310 e. The maximum atomic E-state index is 5.96. The molecule has 0 aliphatic heterocycles. The Morgan fingerprint density at radius 3 is 3.06 bits per heavy atom. The van der Waals surface area contributed by atoms with Crippen LogP contribution in [0.1, 0.15) is 30.4 Å². The highest BCUT2D eigenvalue weighted by atomic mass is 35.5. The minimum absolute atomic E-state index is 0.595. The van der Waals surface area contributed by atoms with Crippen molar-refractivity contribution in [1.82, 2.24) is 10.3 Å². The summed E-state index contributed by atoms with van der Waals surface area (Å²) in [6.45, 7) is 2.99. The van der Waals surface area contributed by atoms with Gasteiger partial charge in [-0.1, -0.05) is 12.5 Å². The quantitative estimate of drug-likeness (QED) is 0.816. The Morgan fingerprint density at radius 1 is 1.44 bits per heavy atom. The zero-order valence-corrected chi connectivity index (χ0v) is 10.5. The van der Waals surface area contributed by atoms with Crippen molar-refractivity contribution in [2.75, 3.05) is 5.88 Å². The summed E-state index contributed by atoms with van der Waals surface area (Å²) < 4.78 is 0. The maximum Gasteiger partial charge on any atom is 0.0313 e. The lowest BCUT2D eigenvalue weighted by Gasteiger charge is -2.18. The minimum atomic E-state index is 0.595. The molecule has 2 unspecified atom stereocenters. The third-order valence-electron chi connectivity index (χ3n) is 3.36. The molecule has 3 heteroatoms. The van der Waals surface area contributed by atoms with Crippen LogP contribution in [-0.2, 0) is 6.54 Å². The second kappa shape index (κ2) is 5.65. The smallest absolute Gasteiger partial charge is 0.0313 e. The first-order valence-electron chi connectivity index (χ1n) is 5.99. The molecule has 88 valence electrons. The van der Waals surface area contributed by atoms with Gasteiger partial charge >= 0.3 is 0 Å². The molecule has 16 heavy (non-hydrogen) atoms. The van der Waals surface area contributed by atoms with E-state index in [9.17, 15) is 0 Å². The van der Waals surface area contributed by atoms with Crippen molar-refractivity contribution in [3.05, 3.63) is 29.6 Å². The van der Waals surface area contributed by atoms with Crippen LogP contribution < -0.4 is 5.32 Å². The highest BCUT2D eigenvalue weighted by Gasteiger charge is 2.25. The topological polar surface area (TPSA) is 24.9 Å². The monoisotopic (exact) mass is 238 g/mol. The number of rotatable bonds is 4. The molecule has 0 spiro atoms. The van der Waals surface area contributed by atoms with E-state index in [2.05, 4.69) is 23.3 Å². The molecule has 0 aromatic carbocycles. The Hall–Kier alpha value is -0.600. The zero-order valence-electron chi connectivity index (χ0n) is 9.75. The first kappa shape index (κ1) is 11.9. The van der Waals surface area contributed by atoms with E-state index in [1.54, 1.807) is 0 Å². The van der Waals surface area contributed by atoms with Crippen LogP contribution in [0.4, 0.5) is 0 Å². The number of nitrogens with one attached hydrogen (secondary N) is 1. The van der Waals surface area contributed by atoms with Gasteiger partial charge in [0.15, 0.2) is 0 Å². The highest BCUT2D eigenvalue weighted by Crippen LogP contribution is 2.26. The number of halogens is 1. The van der Waals surface area contributed by atoms with Crippen molar-refractivity contribution < 1.29 is 0 Å². The van der Waals surface area contributed by atoms with Gasteiger partial charge in [0.05, 0.1) is 0 Å². The van der Waals surface area contributed by atoms with Crippen LogP contribution in [0.25, 0.3) is 0 Å². The van der Waals surface area contributed by atoms with E-state index in [0.29, 0.717) is 12.0 Å². The molecule has 2 atom stereocenters. The Morgan fingerprint density at radius 2 is 2.31 bits per heavy atom. The molecular formula is C13H19ClN2. The Bertz CT molecular complexity index is 340. The number of nitrogens with zero attached hydrogens (tertiary/aromatic N) is 1. The predicted molar refractivity (Wildman–Crippen MR) is 67.7 cm³/mol. The van der Waals surface area contributed by atoms with Crippen molar-refractivity contribution in [2.24, 2.45) is 5.92 Å². The van der Waals surface area contributed by atoms with Gasteiger partial charge in [0.2, 0.25) is 0 Å². The molecule has 1 aliphatic rings. The molecule has 0 bridgehead atoms. The molecule has 2 rings (SSSR count). The van der Waals surface area contributed by atoms with Gasteiger partial charge < -0.3 is 5.32 Å². The highest BCUT2D eigenvalue weighted by molar-refractivity contribution is 6.18. The normalized spacial score (nSPS) is 24.9. The van der Waals surface area contributed by atoms with Gasteiger partial charge in [-0.05, 0) is 36.8 Å². The third-order valence-corrected chi connectivity index (χ3v) is 3.75. The van der Waals surface area contributed by atoms with Crippen molar-refractivity contribution in [2.45, 2.75) is 38.8 Å². The number of hydrogen-bond acceptors (Lipinski definition) is 2. The van der Waals surface area contributed by atoms with E-state index in [0.717, 1.165) is 12.4 Å². The summed E-state index contributed by atoms with van der Waals surface area (Å²) in [5, 5.41) is 3.60. The van der Waals surface area contributed by atoms with Gasteiger partial charge in [-0.25, -0.2) is 0 Å². The lowest BCUT2D eigenvalue weighted by atomic mass is 10.1. The first-order valence-corrected chi connectivity index (χ1v) is 6.53. The van der Waals surface area contributed by atoms with Gasteiger partial charge in [0.1, 0.15) is 0 Å². The fraction of sp³-hybridized carbons (Fsp3) is 0.615. The molecule has 0 saturated heterocycles. The SMILES string of the molecule is Cc1cncc(CNC2CCCC2CCl)c1. The summed E-state index contributed by atoms with van der Waals surface area (Å²) in [5.74, 6) is 1.43. The van der Waals surface area contributed by atoms with Crippen LogP contribution in [0.3, 0.4) is 0 Å². The van der Waals surface area contributed by atoms with Crippen LogP contribution in [-0.4, -0.2) is 16.9 Å². The van der Waals surface area contributed by atoms with Gasteiger partial charge in [-0.3, -0.25) is 4.98 Å². The van der Waals surface area contributed by atoms with E-state index < -0.39 is 0 Å². The molecule has 1 aliphatic carbocycles. The molecular weight excluding hydrogens is 220 g/mol. The number of aromatic nitrogens is 1. The molecule has 2 nitrogen and oxygen atoms in total. The van der Waals surface area contributed by atoms with E-state index in [1.807, 2.05) is 12.4 Å². The number of aryl methyl sites for hydroxylation is 1. The van der Waals surface area contributed by atoms with Crippen LogP contribution in [0, 0.1) is 12.8 Å². The fourth-order valence-corrected chi connectivity index (χ4v) is 2.82. The molecule has 0 amide bonds. The molecule has 1 aromatic heterocycles. The van der Waals surface area contributed by atoms with E-state index in [-0.39, 0.29) is 0 Å². The largest absolute Gasteiger partial charge is 0.310 e. The van der Waals surface area contributed by atoms with Gasteiger partial charge in [-0.15, -0.1) is 11.6 Å². The summed E-state index contributed by atoms with van der Waals surface area (Å²) in [5.41, 5.74) is 2.49. The summed E-state index contributed by atoms with van der Waals surface area (Å²) in [6.07, 6.45) is 7.66. The average molecular weight is 239 g/mol. The number of hydrogen-bond donors (Lipinski definition) is 1. The Balaban J connectivity index is 1.87. The van der Waals surface area contributed by atoms with E-state index in [4.69, 9.17) is 11.6 Å². The summed E-state index contributed by atoms with van der Waals surface area (Å²) in [4.78, 5) is 4.20. The summed E-state index contributed by atoms with van der Waals surface area (Å²) in [7, 11) is 0. The maximum absolute atomic E-state index is 5.96. The van der Waals surface area contributed by atoms with E-state index in [1.165, 1.54) is 30.4 Å². The van der Waals surface area contributed by atoms with E-state index >= 15 is 0 Å². The van der Waals surface area contributed by atoms with Gasteiger partial charge in [0.25, 0.3) is 0 Å². The fourth-order valence-electron chi connectivity index (χ4n) is 2.45. The third kappa shape index (κ3) is 2.96. The second-order valence-corrected chi connectivity index (χ2v) is 5.01. The average Bonchev–Trinajstić information content (AvgIpc) is 2.74. The van der Waals surface area contributed by atoms with Crippen LogP contribution >= 0.6 is 11.6 Å². The van der Waals surface area contributed by atoms with Crippen molar-refractivity contribution in [1.29, 1.82) is 0 Å². The van der Waals surface area contributed by atoms with Crippen molar-refractivity contribution in [3.63, 3.8) is 0 Å². The van der Waals surface area contributed by atoms with Crippen LogP contribution in [0.5, 0.6) is 0 Å².